The van der Waals surface area contributed by atoms with Crippen molar-refractivity contribution in [1.29, 1.82) is 5.26 Å². The zero-order valence-electron chi connectivity index (χ0n) is 18.3. The molecule has 2 heterocycles. The van der Waals surface area contributed by atoms with Gasteiger partial charge in [0.1, 0.15) is 5.75 Å². The third kappa shape index (κ3) is 5.07. The maximum Gasteiger partial charge on any atom is 0.260 e. The summed E-state index contributed by atoms with van der Waals surface area (Å²) in [4.78, 5) is 19.0. The molecule has 0 radical (unpaired) electrons. The Hall–Kier alpha value is -3.01. The molecule has 0 unspecified atom stereocenters. The minimum absolute atomic E-state index is 0.0121. The second-order valence-electron chi connectivity index (χ2n) is 8.17. The quantitative estimate of drug-likeness (QED) is 0.695. The summed E-state index contributed by atoms with van der Waals surface area (Å²) in [7, 11) is 2.12. The number of ether oxygens (including phenoxy) is 1. The average molecular weight is 451 g/mol. The van der Waals surface area contributed by atoms with Crippen LogP contribution in [0.4, 0.5) is 5.69 Å². The summed E-state index contributed by atoms with van der Waals surface area (Å²) >= 11 is 6.42. The Morgan fingerprint density at radius 1 is 1.12 bits per heavy atom. The molecule has 7 heteroatoms. The van der Waals surface area contributed by atoms with Crippen LogP contribution < -0.4 is 9.64 Å². The lowest BCUT2D eigenvalue weighted by atomic mass is 9.95. The first kappa shape index (κ1) is 22.2. The van der Waals surface area contributed by atoms with Gasteiger partial charge in [-0.25, -0.2) is 0 Å². The van der Waals surface area contributed by atoms with Gasteiger partial charge < -0.3 is 19.4 Å². The van der Waals surface area contributed by atoms with E-state index in [1.165, 1.54) is 0 Å². The van der Waals surface area contributed by atoms with E-state index in [1.54, 1.807) is 4.90 Å². The van der Waals surface area contributed by atoms with Gasteiger partial charge in [-0.3, -0.25) is 4.79 Å². The monoisotopic (exact) mass is 450 g/mol. The Bertz CT molecular complexity index is 1050. The summed E-state index contributed by atoms with van der Waals surface area (Å²) in [6, 6.07) is 15.4. The number of benzene rings is 2. The number of hydrogen-bond donors (Lipinski definition) is 0. The van der Waals surface area contributed by atoms with Gasteiger partial charge in [0.15, 0.2) is 6.61 Å². The predicted octanol–water partition coefficient (Wildman–Crippen LogP) is 3.66. The van der Waals surface area contributed by atoms with Gasteiger partial charge in [-0.2, -0.15) is 5.26 Å². The highest BCUT2D eigenvalue weighted by atomic mass is 35.5. The molecule has 1 saturated heterocycles. The van der Waals surface area contributed by atoms with Crippen molar-refractivity contribution in [3.8, 4) is 11.8 Å². The van der Waals surface area contributed by atoms with Crippen LogP contribution in [0.5, 0.6) is 5.75 Å². The third-order valence-corrected chi connectivity index (χ3v) is 6.40. The summed E-state index contributed by atoms with van der Waals surface area (Å²) in [5.74, 6) is 0.595. The zero-order chi connectivity index (χ0) is 22.5. The van der Waals surface area contributed by atoms with E-state index in [0.717, 1.165) is 49.4 Å². The van der Waals surface area contributed by atoms with Crippen LogP contribution in [0.2, 0.25) is 5.02 Å². The highest BCUT2D eigenvalue weighted by Crippen LogP contribution is 2.31. The summed E-state index contributed by atoms with van der Waals surface area (Å²) in [5, 5.41) is 10.0. The molecule has 2 aliphatic rings. The molecule has 1 fully saturated rings. The van der Waals surface area contributed by atoms with Gasteiger partial charge >= 0.3 is 0 Å². The smallest absolute Gasteiger partial charge is 0.260 e. The highest BCUT2D eigenvalue weighted by Gasteiger charge is 2.21. The van der Waals surface area contributed by atoms with Crippen LogP contribution in [0.25, 0.3) is 5.57 Å². The fourth-order valence-electron chi connectivity index (χ4n) is 4.11. The molecule has 4 rings (SSSR count). The van der Waals surface area contributed by atoms with Gasteiger partial charge in [-0.05, 0) is 42.8 Å². The normalized spacial score (nSPS) is 17.0. The van der Waals surface area contributed by atoms with Crippen LogP contribution in [0, 0.1) is 11.3 Å². The second-order valence-corrected chi connectivity index (χ2v) is 8.58. The van der Waals surface area contributed by atoms with Crippen molar-refractivity contribution >= 4 is 28.8 Å². The number of halogens is 1. The Labute approximate surface area is 194 Å². The van der Waals surface area contributed by atoms with E-state index in [1.807, 2.05) is 48.5 Å². The van der Waals surface area contributed by atoms with Gasteiger partial charge in [0.05, 0.1) is 22.3 Å². The number of nitriles is 1. The van der Waals surface area contributed by atoms with Crippen LogP contribution in [0.3, 0.4) is 0 Å². The van der Waals surface area contributed by atoms with Crippen molar-refractivity contribution in [3.63, 3.8) is 0 Å². The van der Waals surface area contributed by atoms with Gasteiger partial charge in [0, 0.05) is 45.3 Å². The molecule has 2 aromatic rings. The van der Waals surface area contributed by atoms with Crippen molar-refractivity contribution in [2.24, 2.45) is 0 Å². The molecule has 0 N–H and O–H groups in total. The predicted molar refractivity (Wildman–Crippen MR) is 127 cm³/mol. The molecule has 0 aromatic heterocycles. The van der Waals surface area contributed by atoms with Gasteiger partial charge in [0.25, 0.3) is 5.91 Å². The number of carbonyl (C=O) groups is 1. The highest BCUT2D eigenvalue weighted by molar-refractivity contribution is 6.33. The van der Waals surface area contributed by atoms with Crippen LogP contribution in [0.15, 0.2) is 48.5 Å². The summed E-state index contributed by atoms with van der Waals surface area (Å²) in [6.07, 6.45) is 2.75. The largest absolute Gasteiger partial charge is 0.484 e. The molecule has 0 atom stereocenters. The van der Waals surface area contributed by atoms with Crippen molar-refractivity contribution < 1.29 is 9.53 Å². The van der Waals surface area contributed by atoms with Gasteiger partial charge in [0.2, 0.25) is 0 Å². The van der Waals surface area contributed by atoms with Gasteiger partial charge in [-0.15, -0.1) is 0 Å². The fourth-order valence-corrected chi connectivity index (χ4v) is 4.35. The molecule has 6 nitrogen and oxygen atoms in total. The van der Waals surface area contributed by atoms with Crippen LogP contribution in [0.1, 0.15) is 17.5 Å². The molecule has 2 aliphatic heterocycles. The lowest BCUT2D eigenvalue weighted by Crippen LogP contribution is -2.44. The van der Waals surface area contributed by atoms with Crippen molar-refractivity contribution in [2.45, 2.75) is 6.42 Å². The molecule has 1 amide bonds. The topological polar surface area (TPSA) is 59.8 Å². The van der Waals surface area contributed by atoms with Crippen LogP contribution >= 0.6 is 11.6 Å². The maximum absolute atomic E-state index is 12.7. The number of rotatable bonds is 5. The number of likely N-dealkylation sites (N-methyl/N-ethyl adjacent to an activating group) is 1. The van der Waals surface area contributed by atoms with E-state index in [-0.39, 0.29) is 12.5 Å². The molecule has 166 valence electrons. The van der Waals surface area contributed by atoms with Gasteiger partial charge in [-0.1, -0.05) is 35.9 Å². The minimum Gasteiger partial charge on any atom is -0.484 e. The molecule has 0 saturated carbocycles. The van der Waals surface area contributed by atoms with Crippen LogP contribution in [-0.2, 0) is 4.79 Å². The lowest BCUT2D eigenvalue weighted by molar-refractivity contribution is -0.132. The zero-order valence-corrected chi connectivity index (χ0v) is 19.0. The molecule has 2 aromatic carbocycles. The van der Waals surface area contributed by atoms with E-state index in [0.29, 0.717) is 29.4 Å². The lowest BCUT2D eigenvalue weighted by Gasteiger charge is -2.34. The second kappa shape index (κ2) is 10.1. The fraction of sp³-hybridized carbons (Fsp3) is 0.360. The summed E-state index contributed by atoms with van der Waals surface area (Å²) in [5.41, 5.74) is 3.68. The molecule has 0 spiro atoms. The van der Waals surface area contributed by atoms with Crippen molar-refractivity contribution in [2.75, 3.05) is 57.8 Å². The number of hydrogen-bond acceptors (Lipinski definition) is 5. The van der Waals surface area contributed by atoms with Crippen molar-refractivity contribution in [1.82, 2.24) is 9.80 Å². The first-order valence-corrected chi connectivity index (χ1v) is 11.2. The van der Waals surface area contributed by atoms with Crippen molar-refractivity contribution in [3.05, 3.63) is 64.7 Å². The number of anilines is 1. The Morgan fingerprint density at radius 2 is 1.91 bits per heavy atom. The number of piperazine rings is 1. The van der Waals surface area contributed by atoms with E-state index in [2.05, 4.69) is 22.9 Å². The first-order chi connectivity index (χ1) is 15.5. The minimum atomic E-state index is -0.0510. The van der Waals surface area contributed by atoms with Crippen LogP contribution in [-0.4, -0.2) is 68.6 Å². The molecular weight excluding hydrogens is 424 g/mol. The Morgan fingerprint density at radius 3 is 2.62 bits per heavy atom. The number of carbonyl (C=O) groups excluding carboxylic acids is 1. The standard InChI is InChI=1S/C25H27ClN4O2/c1-28-12-14-29(15-13-28)24-16-21(6-7-23(24)26)32-18-25(31)30-10-8-19(9-11-30)22-5-3-2-4-20(22)17-27/h2-8,16H,9-15,18H2,1H3. The van der Waals surface area contributed by atoms with E-state index >= 15 is 0 Å². The molecule has 0 bridgehead atoms. The summed E-state index contributed by atoms with van der Waals surface area (Å²) in [6.45, 7) is 4.92. The Kier molecular flexibility index (Phi) is 6.99. The SMILES string of the molecule is CN1CCN(c2cc(OCC(=O)N3CC=C(c4ccccc4C#N)CC3)ccc2Cl)CC1. The molecule has 32 heavy (non-hydrogen) atoms. The van der Waals surface area contributed by atoms with E-state index in [9.17, 15) is 10.1 Å². The first-order valence-electron chi connectivity index (χ1n) is 10.9. The third-order valence-electron chi connectivity index (χ3n) is 6.08. The number of amides is 1. The Balaban J connectivity index is 1.35. The molecule has 0 aliphatic carbocycles. The molecular formula is C25H27ClN4O2. The average Bonchev–Trinajstić information content (AvgIpc) is 2.84. The van der Waals surface area contributed by atoms with E-state index < -0.39 is 0 Å². The maximum atomic E-state index is 12.7. The summed E-state index contributed by atoms with van der Waals surface area (Å²) < 4.78 is 5.83. The number of nitrogens with zero attached hydrogens (tertiary/aromatic N) is 4. The van der Waals surface area contributed by atoms with E-state index in [4.69, 9.17) is 16.3 Å².